The molecule has 0 spiro atoms. The van der Waals surface area contributed by atoms with Gasteiger partial charge in [-0.3, -0.25) is 4.68 Å². The first-order valence-electron chi connectivity index (χ1n) is 5.03. The number of hydrogen-bond acceptors (Lipinski definition) is 2. The minimum atomic E-state index is 0.305. The van der Waals surface area contributed by atoms with Crippen molar-refractivity contribution in [2.45, 2.75) is 20.4 Å². The van der Waals surface area contributed by atoms with Crippen LogP contribution < -0.4 is 0 Å². The van der Waals surface area contributed by atoms with Gasteiger partial charge < -0.3 is 5.11 Å². The van der Waals surface area contributed by atoms with Crippen molar-refractivity contribution >= 4 is 0 Å². The van der Waals surface area contributed by atoms with Gasteiger partial charge in [-0.15, -0.1) is 0 Å². The van der Waals surface area contributed by atoms with Crippen LogP contribution >= 0.6 is 0 Å². The molecule has 1 heterocycles. The third-order valence-electron chi connectivity index (χ3n) is 2.48. The summed E-state index contributed by atoms with van der Waals surface area (Å²) in [5, 5.41) is 13.5. The Balaban J connectivity index is 2.44. The predicted octanol–water partition coefficient (Wildman–Crippen LogP) is 2.58. The zero-order valence-corrected chi connectivity index (χ0v) is 8.94. The molecule has 0 saturated carbocycles. The first-order valence-corrected chi connectivity index (χ1v) is 5.03. The van der Waals surface area contributed by atoms with Crippen molar-refractivity contribution in [1.82, 2.24) is 9.78 Å². The lowest BCUT2D eigenvalue weighted by molar-refractivity contribution is 0.475. The number of benzene rings is 1. The quantitative estimate of drug-likeness (QED) is 0.812. The fraction of sp³-hybridized carbons (Fsp3) is 0.250. The zero-order chi connectivity index (χ0) is 10.8. The van der Waals surface area contributed by atoms with Gasteiger partial charge in [0.2, 0.25) is 0 Å². The van der Waals surface area contributed by atoms with Crippen molar-refractivity contribution in [3.63, 3.8) is 0 Å². The van der Waals surface area contributed by atoms with Crippen molar-refractivity contribution in [1.29, 1.82) is 0 Å². The standard InChI is InChI=1S/C12H14N2O/c1-3-14-8-10(7-13-14)12-5-4-11(15)6-9(12)2/h4-8,15H,3H2,1-2H3. The van der Waals surface area contributed by atoms with Crippen LogP contribution in [0, 0.1) is 6.92 Å². The summed E-state index contributed by atoms with van der Waals surface area (Å²) in [6.45, 7) is 4.91. The van der Waals surface area contributed by atoms with Crippen LogP contribution in [0.2, 0.25) is 0 Å². The predicted molar refractivity (Wildman–Crippen MR) is 59.7 cm³/mol. The van der Waals surface area contributed by atoms with E-state index in [4.69, 9.17) is 0 Å². The molecule has 3 heteroatoms. The zero-order valence-electron chi connectivity index (χ0n) is 8.94. The fourth-order valence-corrected chi connectivity index (χ4v) is 1.65. The van der Waals surface area contributed by atoms with Gasteiger partial charge in [-0.25, -0.2) is 0 Å². The highest BCUT2D eigenvalue weighted by molar-refractivity contribution is 5.66. The Morgan fingerprint density at radius 2 is 2.20 bits per heavy atom. The number of phenols is 1. The van der Waals surface area contributed by atoms with Gasteiger partial charge in [0, 0.05) is 18.3 Å². The molecule has 1 aromatic heterocycles. The molecule has 0 bridgehead atoms. The maximum atomic E-state index is 9.31. The van der Waals surface area contributed by atoms with Crippen molar-refractivity contribution in [3.05, 3.63) is 36.2 Å². The van der Waals surface area contributed by atoms with Crippen LogP contribution in [-0.4, -0.2) is 14.9 Å². The molecule has 2 aromatic rings. The van der Waals surface area contributed by atoms with E-state index in [-0.39, 0.29) is 0 Å². The van der Waals surface area contributed by atoms with E-state index in [0.29, 0.717) is 5.75 Å². The van der Waals surface area contributed by atoms with Crippen LogP contribution in [-0.2, 0) is 6.54 Å². The van der Waals surface area contributed by atoms with Crippen LogP contribution in [0.25, 0.3) is 11.1 Å². The largest absolute Gasteiger partial charge is 0.508 e. The maximum absolute atomic E-state index is 9.31. The lowest BCUT2D eigenvalue weighted by atomic mass is 10.0. The smallest absolute Gasteiger partial charge is 0.115 e. The third kappa shape index (κ3) is 1.86. The minimum absolute atomic E-state index is 0.305. The Labute approximate surface area is 89.0 Å². The van der Waals surface area contributed by atoms with Gasteiger partial charge in [0.1, 0.15) is 5.75 Å². The topological polar surface area (TPSA) is 38.0 Å². The Kier molecular flexibility index (Phi) is 2.46. The summed E-state index contributed by atoms with van der Waals surface area (Å²) in [5.74, 6) is 0.305. The monoisotopic (exact) mass is 202 g/mol. The number of aromatic hydroxyl groups is 1. The first-order chi connectivity index (χ1) is 7.20. The molecule has 15 heavy (non-hydrogen) atoms. The average molecular weight is 202 g/mol. The van der Waals surface area contributed by atoms with Gasteiger partial charge in [-0.05, 0) is 37.1 Å². The van der Waals surface area contributed by atoms with Gasteiger partial charge in [0.15, 0.2) is 0 Å². The highest BCUT2D eigenvalue weighted by Gasteiger charge is 2.04. The molecule has 3 nitrogen and oxygen atoms in total. The Morgan fingerprint density at radius 3 is 2.80 bits per heavy atom. The second kappa shape index (κ2) is 3.77. The highest BCUT2D eigenvalue weighted by atomic mass is 16.3. The Morgan fingerprint density at radius 1 is 1.40 bits per heavy atom. The maximum Gasteiger partial charge on any atom is 0.115 e. The number of phenolic OH excluding ortho intramolecular Hbond substituents is 1. The molecule has 0 aliphatic heterocycles. The number of hydrogen-bond donors (Lipinski definition) is 1. The summed E-state index contributed by atoms with van der Waals surface area (Å²) in [6.07, 6.45) is 3.86. The number of aryl methyl sites for hydroxylation is 2. The summed E-state index contributed by atoms with van der Waals surface area (Å²) in [6, 6.07) is 5.38. The van der Waals surface area contributed by atoms with Crippen molar-refractivity contribution in [2.24, 2.45) is 0 Å². The SMILES string of the molecule is CCn1cc(-c2ccc(O)cc2C)cn1. The molecule has 0 saturated heterocycles. The van der Waals surface area contributed by atoms with Crippen molar-refractivity contribution < 1.29 is 5.11 Å². The van der Waals surface area contributed by atoms with E-state index in [1.807, 2.05) is 30.1 Å². The lowest BCUT2D eigenvalue weighted by Gasteiger charge is -2.03. The van der Waals surface area contributed by atoms with E-state index in [9.17, 15) is 5.11 Å². The molecule has 0 aliphatic carbocycles. The van der Waals surface area contributed by atoms with Gasteiger partial charge in [0.05, 0.1) is 6.20 Å². The van der Waals surface area contributed by atoms with Crippen molar-refractivity contribution in [2.75, 3.05) is 0 Å². The summed E-state index contributed by atoms with van der Waals surface area (Å²) in [7, 11) is 0. The first kappa shape index (κ1) is 9.77. The van der Waals surface area contributed by atoms with Crippen LogP contribution in [0.4, 0.5) is 0 Å². The van der Waals surface area contributed by atoms with Crippen LogP contribution in [0.3, 0.4) is 0 Å². The van der Waals surface area contributed by atoms with E-state index >= 15 is 0 Å². The number of rotatable bonds is 2. The second-order valence-electron chi connectivity index (χ2n) is 3.58. The molecule has 0 radical (unpaired) electrons. The van der Waals surface area contributed by atoms with Gasteiger partial charge in [0.25, 0.3) is 0 Å². The molecular formula is C12H14N2O. The highest BCUT2D eigenvalue weighted by Crippen LogP contribution is 2.25. The molecule has 0 unspecified atom stereocenters. The van der Waals surface area contributed by atoms with Crippen LogP contribution in [0.1, 0.15) is 12.5 Å². The van der Waals surface area contributed by atoms with E-state index < -0.39 is 0 Å². The van der Waals surface area contributed by atoms with E-state index in [2.05, 4.69) is 12.0 Å². The fourth-order valence-electron chi connectivity index (χ4n) is 1.65. The second-order valence-corrected chi connectivity index (χ2v) is 3.58. The molecule has 0 aliphatic rings. The van der Waals surface area contributed by atoms with Gasteiger partial charge >= 0.3 is 0 Å². The minimum Gasteiger partial charge on any atom is -0.508 e. The molecule has 1 N–H and O–H groups in total. The normalized spacial score (nSPS) is 10.5. The van der Waals surface area contributed by atoms with Crippen molar-refractivity contribution in [3.8, 4) is 16.9 Å². The van der Waals surface area contributed by atoms with E-state index in [1.165, 1.54) is 0 Å². The Hall–Kier alpha value is -1.77. The molecule has 0 fully saturated rings. The summed E-state index contributed by atoms with van der Waals surface area (Å²) in [5.41, 5.74) is 3.27. The molecule has 0 atom stereocenters. The molecule has 2 rings (SSSR count). The number of aromatic nitrogens is 2. The molecular weight excluding hydrogens is 188 g/mol. The van der Waals surface area contributed by atoms with Crippen LogP contribution in [0.15, 0.2) is 30.6 Å². The summed E-state index contributed by atoms with van der Waals surface area (Å²) >= 11 is 0. The summed E-state index contributed by atoms with van der Waals surface area (Å²) < 4.78 is 1.89. The third-order valence-corrected chi connectivity index (χ3v) is 2.48. The molecule has 0 amide bonds. The number of nitrogens with zero attached hydrogens (tertiary/aromatic N) is 2. The molecule has 1 aromatic carbocycles. The van der Waals surface area contributed by atoms with E-state index in [0.717, 1.165) is 23.2 Å². The lowest BCUT2D eigenvalue weighted by Crippen LogP contribution is -1.92. The average Bonchev–Trinajstić information content (AvgIpc) is 2.66. The summed E-state index contributed by atoms with van der Waals surface area (Å²) in [4.78, 5) is 0. The van der Waals surface area contributed by atoms with Crippen LogP contribution in [0.5, 0.6) is 5.75 Å². The molecule has 78 valence electrons. The van der Waals surface area contributed by atoms with Gasteiger partial charge in [-0.2, -0.15) is 5.10 Å². The Bertz CT molecular complexity index is 474. The van der Waals surface area contributed by atoms with Gasteiger partial charge in [-0.1, -0.05) is 6.07 Å². The van der Waals surface area contributed by atoms with E-state index in [1.54, 1.807) is 12.1 Å².